The second-order valence-corrected chi connectivity index (χ2v) is 11.6. The number of carbonyl (C=O) groups excluding carboxylic acids is 3. The lowest BCUT2D eigenvalue weighted by molar-refractivity contribution is -0.144. The summed E-state index contributed by atoms with van der Waals surface area (Å²) in [6.45, 7) is 8.86. The summed E-state index contributed by atoms with van der Waals surface area (Å²) in [7, 11) is 1.34. The van der Waals surface area contributed by atoms with Crippen molar-refractivity contribution in [2.75, 3.05) is 13.7 Å². The van der Waals surface area contributed by atoms with Crippen molar-refractivity contribution in [3.8, 4) is 0 Å². The van der Waals surface area contributed by atoms with E-state index in [1.165, 1.54) is 7.11 Å². The average molecular weight is 540 g/mol. The molecule has 2 heterocycles. The van der Waals surface area contributed by atoms with Gasteiger partial charge in [-0.2, -0.15) is 0 Å². The van der Waals surface area contributed by atoms with Gasteiger partial charge in [-0.25, -0.2) is 0 Å². The minimum atomic E-state index is -0.674. The Labute approximate surface area is 222 Å². The Bertz CT molecular complexity index is 1110. The molecule has 4 N–H and O–H groups in total. The predicted molar refractivity (Wildman–Crippen MR) is 142 cm³/mol. The number of rotatable bonds is 9. The zero-order chi connectivity index (χ0) is 26.6. The summed E-state index contributed by atoms with van der Waals surface area (Å²) >= 11 is 12.4. The number of carbonyl (C=O) groups is 3. The monoisotopic (exact) mass is 538 g/mol. The molecule has 0 bridgehead atoms. The van der Waals surface area contributed by atoms with Crippen LogP contribution in [0.3, 0.4) is 0 Å². The van der Waals surface area contributed by atoms with Crippen LogP contribution < -0.4 is 16.0 Å². The summed E-state index contributed by atoms with van der Waals surface area (Å²) in [6, 6.07) is 3.79. The lowest BCUT2D eigenvalue weighted by Crippen LogP contribution is -2.55. The van der Waals surface area contributed by atoms with Crippen molar-refractivity contribution in [3.05, 3.63) is 33.9 Å². The molecule has 0 saturated carbocycles. The van der Waals surface area contributed by atoms with E-state index in [4.69, 9.17) is 27.9 Å². The van der Waals surface area contributed by atoms with E-state index in [9.17, 15) is 14.4 Å². The SMILES string of the molecule is COC(=O)[C@H](C[C@@H]1CCCNC1=O)NC(C)[C@H](CC(C)(C)C)NC(=O)c1cc2c(Cl)cc(Cl)cc2[nH]1. The third-order valence-corrected chi connectivity index (χ3v) is 7.05. The molecule has 1 saturated heterocycles. The summed E-state index contributed by atoms with van der Waals surface area (Å²) in [6.07, 6.45) is 2.59. The Balaban J connectivity index is 1.78. The molecule has 3 rings (SSSR count). The van der Waals surface area contributed by atoms with E-state index in [0.717, 1.165) is 12.8 Å². The number of amides is 2. The quantitative estimate of drug-likeness (QED) is 0.352. The lowest BCUT2D eigenvalue weighted by Gasteiger charge is -2.34. The van der Waals surface area contributed by atoms with Crippen LogP contribution in [0.5, 0.6) is 0 Å². The number of hydrogen-bond acceptors (Lipinski definition) is 5. The fraction of sp³-hybridized carbons (Fsp3) is 0.577. The molecule has 8 nitrogen and oxygen atoms in total. The number of ether oxygens (including phenoxy) is 1. The highest BCUT2D eigenvalue weighted by atomic mass is 35.5. The number of aromatic amines is 1. The van der Waals surface area contributed by atoms with Crippen LogP contribution in [-0.2, 0) is 14.3 Å². The van der Waals surface area contributed by atoms with Gasteiger partial charge in [-0.15, -0.1) is 0 Å². The molecule has 1 aliphatic rings. The Hall–Kier alpha value is -2.29. The molecule has 198 valence electrons. The highest BCUT2D eigenvalue weighted by Gasteiger charge is 2.33. The number of benzene rings is 1. The number of hydrogen-bond donors (Lipinski definition) is 4. The molecule has 1 unspecified atom stereocenters. The normalized spacial score (nSPS) is 18.9. The first kappa shape index (κ1) is 28.3. The zero-order valence-corrected chi connectivity index (χ0v) is 23.0. The summed E-state index contributed by atoms with van der Waals surface area (Å²) in [5.74, 6) is -1.02. The molecule has 0 radical (unpaired) electrons. The maximum Gasteiger partial charge on any atom is 0.322 e. The van der Waals surface area contributed by atoms with Crippen LogP contribution >= 0.6 is 23.2 Å². The van der Waals surface area contributed by atoms with Crippen molar-refractivity contribution in [1.82, 2.24) is 20.9 Å². The Morgan fingerprint density at radius 3 is 2.58 bits per heavy atom. The molecule has 0 spiro atoms. The van der Waals surface area contributed by atoms with E-state index in [1.54, 1.807) is 18.2 Å². The highest BCUT2D eigenvalue weighted by molar-refractivity contribution is 6.38. The first-order valence-corrected chi connectivity index (χ1v) is 13.0. The number of H-pyrrole nitrogens is 1. The number of fused-ring (bicyclic) bond motifs is 1. The number of methoxy groups -OCH3 is 1. The molecule has 4 atom stereocenters. The van der Waals surface area contributed by atoms with Gasteiger partial charge in [-0.05, 0) is 56.2 Å². The number of nitrogens with one attached hydrogen (secondary N) is 4. The minimum absolute atomic E-state index is 0.0401. The van der Waals surface area contributed by atoms with Gasteiger partial charge in [0.25, 0.3) is 5.91 Å². The van der Waals surface area contributed by atoms with Gasteiger partial charge in [0, 0.05) is 40.5 Å². The van der Waals surface area contributed by atoms with Gasteiger partial charge in [0.1, 0.15) is 11.7 Å². The molecule has 1 fully saturated rings. The lowest BCUT2D eigenvalue weighted by atomic mass is 9.85. The van der Waals surface area contributed by atoms with Crippen LogP contribution in [0.4, 0.5) is 0 Å². The fourth-order valence-electron chi connectivity index (χ4n) is 4.69. The van der Waals surface area contributed by atoms with Crippen molar-refractivity contribution in [1.29, 1.82) is 0 Å². The van der Waals surface area contributed by atoms with Gasteiger partial charge in [-0.1, -0.05) is 44.0 Å². The Kier molecular flexibility index (Phi) is 9.30. The second kappa shape index (κ2) is 11.8. The third kappa shape index (κ3) is 7.37. The van der Waals surface area contributed by atoms with Crippen LogP contribution in [-0.4, -0.2) is 54.5 Å². The number of esters is 1. The van der Waals surface area contributed by atoms with E-state index < -0.39 is 12.0 Å². The first-order valence-electron chi connectivity index (χ1n) is 12.3. The van der Waals surface area contributed by atoms with E-state index in [2.05, 4.69) is 41.7 Å². The smallest absolute Gasteiger partial charge is 0.322 e. The summed E-state index contributed by atoms with van der Waals surface area (Å²) in [5, 5.41) is 11.0. The van der Waals surface area contributed by atoms with Crippen LogP contribution in [0.15, 0.2) is 18.2 Å². The van der Waals surface area contributed by atoms with Crippen molar-refractivity contribution in [2.45, 2.75) is 71.5 Å². The molecule has 1 aliphatic heterocycles. The molecule has 1 aromatic heterocycles. The van der Waals surface area contributed by atoms with Crippen molar-refractivity contribution >= 4 is 51.9 Å². The topological polar surface area (TPSA) is 112 Å². The largest absolute Gasteiger partial charge is 0.468 e. The van der Waals surface area contributed by atoms with E-state index in [1.807, 2.05) is 6.92 Å². The molecule has 2 amide bonds. The summed E-state index contributed by atoms with van der Waals surface area (Å²) in [4.78, 5) is 41.3. The van der Waals surface area contributed by atoms with Crippen molar-refractivity contribution < 1.29 is 19.1 Å². The molecule has 1 aromatic carbocycles. The predicted octanol–water partition coefficient (Wildman–Crippen LogP) is 4.45. The van der Waals surface area contributed by atoms with Gasteiger partial charge < -0.3 is 20.4 Å². The second-order valence-electron chi connectivity index (χ2n) is 10.8. The van der Waals surface area contributed by atoms with Crippen LogP contribution in [0.2, 0.25) is 10.0 Å². The molecular formula is C26H36Cl2N4O4. The van der Waals surface area contributed by atoms with Gasteiger partial charge in [0.05, 0.1) is 12.1 Å². The minimum Gasteiger partial charge on any atom is -0.468 e. The number of halogens is 2. The van der Waals surface area contributed by atoms with Crippen LogP contribution in [0.25, 0.3) is 10.9 Å². The Morgan fingerprint density at radius 1 is 1.22 bits per heavy atom. The van der Waals surface area contributed by atoms with Gasteiger partial charge in [0.2, 0.25) is 5.91 Å². The molecule has 0 aliphatic carbocycles. The van der Waals surface area contributed by atoms with Gasteiger partial charge >= 0.3 is 5.97 Å². The van der Waals surface area contributed by atoms with Crippen molar-refractivity contribution in [3.63, 3.8) is 0 Å². The van der Waals surface area contributed by atoms with Gasteiger partial charge in [-0.3, -0.25) is 19.7 Å². The standard InChI is InChI=1S/C26H36Cl2N4O4/c1-14(30-21(25(35)36-5)9-15-7-6-8-29-23(15)33)22(13-26(2,3)4)32-24(34)20-12-17-18(28)10-16(27)11-19(17)31-20/h10-12,14-15,21-22,30-31H,6-9,13H2,1-5H3,(H,29,33)(H,32,34)/t14?,15-,21-,22-/m0/s1. The summed E-state index contributed by atoms with van der Waals surface area (Å²) < 4.78 is 5.03. The van der Waals surface area contributed by atoms with E-state index in [0.29, 0.717) is 46.0 Å². The summed E-state index contributed by atoms with van der Waals surface area (Å²) in [5.41, 5.74) is 0.936. The average Bonchev–Trinajstić information content (AvgIpc) is 3.22. The van der Waals surface area contributed by atoms with Crippen molar-refractivity contribution in [2.24, 2.45) is 11.3 Å². The maximum atomic E-state index is 13.3. The zero-order valence-electron chi connectivity index (χ0n) is 21.5. The first-order chi connectivity index (χ1) is 16.9. The van der Waals surface area contributed by atoms with E-state index >= 15 is 0 Å². The molecule has 36 heavy (non-hydrogen) atoms. The maximum absolute atomic E-state index is 13.3. The molecular weight excluding hydrogens is 503 g/mol. The highest BCUT2D eigenvalue weighted by Crippen LogP contribution is 2.29. The van der Waals surface area contributed by atoms with Crippen LogP contribution in [0, 0.1) is 11.3 Å². The molecule has 10 heteroatoms. The van der Waals surface area contributed by atoms with E-state index in [-0.39, 0.29) is 35.2 Å². The fourth-order valence-corrected chi connectivity index (χ4v) is 5.24. The van der Waals surface area contributed by atoms with Gasteiger partial charge in [0.15, 0.2) is 0 Å². The third-order valence-electron chi connectivity index (χ3n) is 6.52. The Morgan fingerprint density at radius 2 is 1.94 bits per heavy atom. The molecule has 2 aromatic rings. The number of aromatic nitrogens is 1. The van der Waals surface area contributed by atoms with Crippen LogP contribution in [0.1, 0.15) is 63.9 Å². The number of piperidine rings is 1.